The predicted octanol–water partition coefficient (Wildman–Crippen LogP) is 2.25. The molecule has 1 heterocycles. The van der Waals surface area contributed by atoms with Crippen molar-refractivity contribution >= 4 is 35.8 Å². The number of methoxy groups -OCH3 is 1. The van der Waals surface area contributed by atoms with Crippen molar-refractivity contribution in [3.8, 4) is 0 Å². The van der Waals surface area contributed by atoms with Crippen LogP contribution in [0.2, 0.25) is 0 Å². The highest BCUT2D eigenvalue weighted by molar-refractivity contribution is 14.0. The number of guanidine groups is 1. The number of hydrogen-bond acceptors (Lipinski definition) is 4. The first-order valence-corrected chi connectivity index (χ1v) is 7.57. The van der Waals surface area contributed by atoms with Gasteiger partial charge in [-0.2, -0.15) is 0 Å². The Bertz CT molecular complexity index is 491. The first-order valence-electron chi connectivity index (χ1n) is 7.57. The normalized spacial score (nSPS) is 11.7. The minimum absolute atomic E-state index is 0. The van der Waals surface area contributed by atoms with E-state index in [0.717, 1.165) is 23.9 Å². The van der Waals surface area contributed by atoms with Gasteiger partial charge >= 0.3 is 0 Å². The van der Waals surface area contributed by atoms with Gasteiger partial charge in [0.15, 0.2) is 5.96 Å². The maximum atomic E-state index is 5.41. The summed E-state index contributed by atoms with van der Waals surface area (Å²) >= 11 is 0. The lowest BCUT2D eigenvalue weighted by Crippen LogP contribution is -2.45. The maximum Gasteiger partial charge on any atom is 0.191 e. The molecule has 0 aromatic carbocycles. The first kappa shape index (κ1) is 21.9. The van der Waals surface area contributed by atoms with Crippen LogP contribution in [-0.2, 0) is 11.3 Å². The second-order valence-electron chi connectivity index (χ2n) is 5.93. The van der Waals surface area contributed by atoms with Gasteiger partial charge in [0.1, 0.15) is 5.82 Å². The fourth-order valence-electron chi connectivity index (χ4n) is 1.68. The SMILES string of the molecule is CCNC(=NCc1ccnc(N(C)C)c1)NCC(C)(C)OC.I. The Balaban J connectivity index is 0.00000484. The Kier molecular flexibility index (Phi) is 10.1. The van der Waals surface area contributed by atoms with Gasteiger partial charge in [-0.15, -0.1) is 24.0 Å². The third kappa shape index (κ3) is 8.36. The van der Waals surface area contributed by atoms with Crippen molar-refractivity contribution in [1.82, 2.24) is 15.6 Å². The van der Waals surface area contributed by atoms with Gasteiger partial charge in [-0.05, 0) is 38.5 Å². The lowest BCUT2D eigenvalue weighted by atomic mass is 10.1. The number of nitrogens with zero attached hydrogens (tertiary/aromatic N) is 3. The summed E-state index contributed by atoms with van der Waals surface area (Å²) in [6, 6.07) is 4.03. The number of nitrogens with one attached hydrogen (secondary N) is 2. The van der Waals surface area contributed by atoms with Crippen LogP contribution in [0.15, 0.2) is 23.3 Å². The van der Waals surface area contributed by atoms with Gasteiger partial charge in [-0.3, -0.25) is 0 Å². The maximum absolute atomic E-state index is 5.41. The van der Waals surface area contributed by atoms with Gasteiger partial charge in [0.2, 0.25) is 0 Å². The molecule has 0 bridgehead atoms. The van der Waals surface area contributed by atoms with E-state index in [1.807, 2.05) is 51.2 Å². The molecule has 7 heteroatoms. The van der Waals surface area contributed by atoms with Crippen molar-refractivity contribution in [2.24, 2.45) is 4.99 Å². The van der Waals surface area contributed by atoms with Crippen LogP contribution in [0.3, 0.4) is 0 Å². The van der Waals surface area contributed by atoms with Gasteiger partial charge in [-0.1, -0.05) is 0 Å². The summed E-state index contributed by atoms with van der Waals surface area (Å²) in [5.74, 6) is 1.72. The Morgan fingerprint density at radius 1 is 1.35 bits per heavy atom. The van der Waals surface area contributed by atoms with E-state index in [0.29, 0.717) is 13.1 Å². The lowest BCUT2D eigenvalue weighted by molar-refractivity contribution is 0.0268. The number of aliphatic imine (C=N–C) groups is 1. The van der Waals surface area contributed by atoms with Crippen LogP contribution < -0.4 is 15.5 Å². The molecule has 23 heavy (non-hydrogen) atoms. The van der Waals surface area contributed by atoms with E-state index in [1.54, 1.807) is 7.11 Å². The van der Waals surface area contributed by atoms with Gasteiger partial charge in [0.25, 0.3) is 0 Å². The second-order valence-corrected chi connectivity index (χ2v) is 5.93. The molecule has 1 aromatic heterocycles. The number of rotatable bonds is 7. The molecule has 6 nitrogen and oxygen atoms in total. The van der Waals surface area contributed by atoms with Crippen molar-refractivity contribution in [3.05, 3.63) is 23.9 Å². The first-order chi connectivity index (χ1) is 10.4. The van der Waals surface area contributed by atoms with Crippen LogP contribution in [0.5, 0.6) is 0 Å². The van der Waals surface area contributed by atoms with Crippen molar-refractivity contribution in [1.29, 1.82) is 0 Å². The van der Waals surface area contributed by atoms with E-state index in [1.165, 1.54) is 0 Å². The molecular weight excluding hydrogens is 405 g/mol. The molecule has 0 spiro atoms. The number of hydrogen-bond donors (Lipinski definition) is 2. The van der Waals surface area contributed by atoms with Crippen LogP contribution in [0.4, 0.5) is 5.82 Å². The van der Waals surface area contributed by atoms with E-state index < -0.39 is 0 Å². The predicted molar refractivity (Wildman–Crippen MR) is 108 cm³/mol. The zero-order valence-corrected chi connectivity index (χ0v) is 17.3. The summed E-state index contributed by atoms with van der Waals surface area (Å²) < 4.78 is 5.41. The zero-order valence-electron chi connectivity index (χ0n) is 15.0. The molecule has 0 saturated heterocycles. The van der Waals surface area contributed by atoms with Crippen LogP contribution in [0, 0.1) is 0 Å². The molecule has 0 aliphatic carbocycles. The molecule has 0 radical (unpaired) electrons. The topological polar surface area (TPSA) is 61.8 Å². The minimum atomic E-state index is -0.231. The molecule has 1 aromatic rings. The number of anilines is 1. The fourth-order valence-corrected chi connectivity index (χ4v) is 1.68. The second kappa shape index (κ2) is 10.6. The highest BCUT2D eigenvalue weighted by atomic mass is 127. The molecule has 0 amide bonds. The van der Waals surface area contributed by atoms with E-state index in [9.17, 15) is 0 Å². The van der Waals surface area contributed by atoms with Crippen LogP contribution in [-0.4, -0.2) is 50.8 Å². The summed E-state index contributed by atoms with van der Waals surface area (Å²) in [4.78, 5) is 10.9. The smallest absolute Gasteiger partial charge is 0.191 e. The van der Waals surface area contributed by atoms with Gasteiger partial charge in [0.05, 0.1) is 12.1 Å². The van der Waals surface area contributed by atoms with Gasteiger partial charge < -0.3 is 20.3 Å². The summed E-state index contributed by atoms with van der Waals surface area (Å²) in [5.41, 5.74) is 0.896. The molecule has 132 valence electrons. The average Bonchev–Trinajstić information content (AvgIpc) is 2.50. The highest BCUT2D eigenvalue weighted by Crippen LogP contribution is 2.10. The fraction of sp³-hybridized carbons (Fsp3) is 0.625. The highest BCUT2D eigenvalue weighted by Gasteiger charge is 2.16. The van der Waals surface area contributed by atoms with Crippen molar-refractivity contribution < 1.29 is 4.74 Å². The molecule has 2 N–H and O–H groups in total. The minimum Gasteiger partial charge on any atom is -0.377 e. The van der Waals surface area contributed by atoms with Crippen LogP contribution in [0.25, 0.3) is 0 Å². The number of halogens is 1. The van der Waals surface area contributed by atoms with E-state index >= 15 is 0 Å². The number of ether oxygens (including phenoxy) is 1. The summed E-state index contributed by atoms with van der Waals surface area (Å²) in [5, 5.41) is 6.55. The standard InChI is InChI=1S/C16H29N5O.HI/c1-7-17-15(20-12-16(2,3)22-6)19-11-13-8-9-18-14(10-13)21(4)5;/h8-10H,7,11-12H2,1-6H3,(H2,17,19,20);1H. The van der Waals surface area contributed by atoms with Crippen LogP contribution >= 0.6 is 24.0 Å². The quantitative estimate of drug-likeness (QED) is 0.391. The molecular formula is C16H30IN5O. The molecule has 1 rings (SSSR count). The lowest BCUT2D eigenvalue weighted by Gasteiger charge is -2.24. The molecule has 0 fully saturated rings. The summed E-state index contributed by atoms with van der Waals surface area (Å²) in [6.07, 6.45) is 1.81. The summed E-state index contributed by atoms with van der Waals surface area (Å²) in [6.45, 7) is 8.24. The Labute approximate surface area is 157 Å². The molecule has 0 saturated carbocycles. The number of aromatic nitrogens is 1. The molecule has 0 aliphatic rings. The molecule has 0 unspecified atom stereocenters. The Morgan fingerprint density at radius 3 is 2.61 bits per heavy atom. The largest absolute Gasteiger partial charge is 0.377 e. The van der Waals surface area contributed by atoms with E-state index in [2.05, 4.69) is 27.5 Å². The van der Waals surface area contributed by atoms with Crippen LogP contribution in [0.1, 0.15) is 26.3 Å². The van der Waals surface area contributed by atoms with Gasteiger partial charge in [-0.25, -0.2) is 9.98 Å². The van der Waals surface area contributed by atoms with E-state index in [-0.39, 0.29) is 29.6 Å². The monoisotopic (exact) mass is 435 g/mol. The summed E-state index contributed by atoms with van der Waals surface area (Å²) in [7, 11) is 5.67. The molecule has 0 atom stereocenters. The van der Waals surface area contributed by atoms with Crippen molar-refractivity contribution in [2.75, 3.05) is 39.2 Å². The average molecular weight is 435 g/mol. The van der Waals surface area contributed by atoms with Crippen molar-refractivity contribution in [2.45, 2.75) is 32.9 Å². The van der Waals surface area contributed by atoms with Gasteiger partial charge in [0, 0.05) is 40.5 Å². The molecule has 0 aliphatic heterocycles. The Morgan fingerprint density at radius 2 is 2.04 bits per heavy atom. The zero-order chi connectivity index (χ0) is 16.6. The third-order valence-corrected chi connectivity index (χ3v) is 3.27. The third-order valence-electron chi connectivity index (χ3n) is 3.27. The van der Waals surface area contributed by atoms with Crippen molar-refractivity contribution in [3.63, 3.8) is 0 Å². The van der Waals surface area contributed by atoms with E-state index in [4.69, 9.17) is 4.74 Å². The number of pyridine rings is 1. The Hall–Kier alpha value is -1.09.